The second-order valence-electron chi connectivity index (χ2n) is 4.72. The van der Waals surface area contributed by atoms with Crippen molar-refractivity contribution in [2.45, 2.75) is 43.7 Å². The first-order valence-corrected chi connectivity index (χ1v) is 7.50. The van der Waals surface area contributed by atoms with E-state index in [1.54, 1.807) is 0 Å². The molecule has 1 aromatic heterocycles. The maximum Gasteiger partial charge on any atom is 0.233 e. The minimum absolute atomic E-state index is 0.190. The Labute approximate surface area is 112 Å². The summed E-state index contributed by atoms with van der Waals surface area (Å²) in [5, 5.41) is 8.01. The van der Waals surface area contributed by atoms with Crippen LogP contribution in [0, 0.1) is 0 Å². The first kappa shape index (κ1) is 13.8. The number of rotatable bonds is 6. The van der Waals surface area contributed by atoms with Crippen LogP contribution >= 0.6 is 11.8 Å². The molecule has 2 rings (SSSR count). The number of hydrogen-bond donors (Lipinski definition) is 1. The Morgan fingerprint density at radius 3 is 3.00 bits per heavy atom. The molecule has 0 aliphatic carbocycles. The van der Waals surface area contributed by atoms with Crippen molar-refractivity contribution in [2.75, 3.05) is 19.8 Å². The summed E-state index contributed by atoms with van der Waals surface area (Å²) in [5.41, 5.74) is 0. The number of nitrogens with zero attached hydrogens (tertiary/aromatic N) is 2. The Bertz CT molecular complexity index is 370. The Balaban J connectivity index is 1.96. The van der Waals surface area contributed by atoms with Crippen LogP contribution in [0.1, 0.15) is 38.4 Å². The lowest BCUT2D eigenvalue weighted by molar-refractivity contribution is 0.185. The molecule has 2 atom stereocenters. The highest BCUT2D eigenvalue weighted by molar-refractivity contribution is 7.99. The van der Waals surface area contributed by atoms with Crippen LogP contribution in [0.15, 0.2) is 4.52 Å². The fourth-order valence-corrected chi connectivity index (χ4v) is 2.58. The maximum atomic E-state index is 5.49. The Hall–Kier alpha value is -0.590. The summed E-state index contributed by atoms with van der Waals surface area (Å²) >= 11 is 1.82. The highest BCUT2D eigenvalue weighted by Crippen LogP contribution is 2.25. The minimum Gasteiger partial charge on any atom is -0.379 e. The van der Waals surface area contributed by atoms with Gasteiger partial charge in [0.15, 0.2) is 5.82 Å². The van der Waals surface area contributed by atoms with Crippen LogP contribution in [0.5, 0.6) is 0 Å². The molecule has 1 aromatic rings. The summed E-state index contributed by atoms with van der Waals surface area (Å²) in [4.78, 5) is 4.48. The molecule has 0 spiro atoms. The molecule has 0 amide bonds. The summed E-state index contributed by atoms with van der Waals surface area (Å²) in [7, 11) is 0. The van der Waals surface area contributed by atoms with E-state index in [0.717, 1.165) is 24.7 Å². The van der Waals surface area contributed by atoms with Crippen LogP contribution in [0.4, 0.5) is 0 Å². The second kappa shape index (κ2) is 6.54. The van der Waals surface area contributed by atoms with Gasteiger partial charge in [-0.1, -0.05) is 25.9 Å². The standard InChI is InChI=1S/C12H21N3O2S/c1-4-13-10-6-16-5-9(10)12-14-11(15-17-12)7-18-8(2)3/h8-10,13H,4-7H2,1-3H3. The first-order chi connectivity index (χ1) is 8.70. The molecule has 2 unspecified atom stereocenters. The van der Waals surface area contributed by atoms with E-state index in [9.17, 15) is 0 Å². The molecule has 5 nitrogen and oxygen atoms in total. The van der Waals surface area contributed by atoms with Gasteiger partial charge < -0.3 is 14.6 Å². The molecule has 0 saturated carbocycles. The SMILES string of the molecule is CCNC1COCC1c1nc(CSC(C)C)no1. The number of aromatic nitrogens is 2. The second-order valence-corrected chi connectivity index (χ2v) is 6.28. The van der Waals surface area contributed by atoms with Gasteiger partial charge in [-0.25, -0.2) is 0 Å². The molecule has 102 valence electrons. The Morgan fingerprint density at radius 2 is 2.28 bits per heavy atom. The molecule has 1 fully saturated rings. The van der Waals surface area contributed by atoms with Gasteiger partial charge >= 0.3 is 0 Å². The average Bonchev–Trinajstić information content (AvgIpc) is 2.94. The lowest BCUT2D eigenvalue weighted by Crippen LogP contribution is -2.34. The van der Waals surface area contributed by atoms with Crippen molar-refractivity contribution < 1.29 is 9.26 Å². The minimum atomic E-state index is 0.190. The molecule has 1 aliphatic heterocycles. The molecule has 6 heteroatoms. The van der Waals surface area contributed by atoms with Gasteiger partial charge in [0.2, 0.25) is 5.89 Å². The normalized spacial score (nSPS) is 24.0. The molecule has 1 saturated heterocycles. The number of thioether (sulfide) groups is 1. The Kier molecular flexibility index (Phi) is 5.03. The molecule has 1 aliphatic rings. The van der Waals surface area contributed by atoms with E-state index >= 15 is 0 Å². The molecular weight excluding hydrogens is 250 g/mol. The highest BCUT2D eigenvalue weighted by atomic mass is 32.2. The fourth-order valence-electron chi connectivity index (χ4n) is 1.98. The molecule has 0 radical (unpaired) electrons. The van der Waals surface area contributed by atoms with Crippen molar-refractivity contribution in [1.82, 2.24) is 15.5 Å². The van der Waals surface area contributed by atoms with E-state index in [4.69, 9.17) is 9.26 Å². The van der Waals surface area contributed by atoms with Crippen molar-refractivity contribution in [3.05, 3.63) is 11.7 Å². The predicted octanol–water partition coefficient (Wildman–Crippen LogP) is 1.80. The lowest BCUT2D eigenvalue weighted by Gasteiger charge is -2.13. The van der Waals surface area contributed by atoms with E-state index in [1.165, 1.54) is 0 Å². The highest BCUT2D eigenvalue weighted by Gasteiger charge is 2.33. The van der Waals surface area contributed by atoms with E-state index in [2.05, 4.69) is 36.2 Å². The van der Waals surface area contributed by atoms with E-state index in [1.807, 2.05) is 11.8 Å². The van der Waals surface area contributed by atoms with Crippen LogP contribution in [0.25, 0.3) is 0 Å². The smallest absolute Gasteiger partial charge is 0.233 e. The van der Waals surface area contributed by atoms with Crippen LogP contribution < -0.4 is 5.32 Å². The summed E-state index contributed by atoms with van der Waals surface area (Å²) in [6, 6.07) is 0.293. The summed E-state index contributed by atoms with van der Waals surface area (Å²) < 4.78 is 10.9. The number of likely N-dealkylation sites (N-methyl/N-ethyl adjacent to an activating group) is 1. The number of ether oxygens (including phenoxy) is 1. The molecule has 0 aromatic carbocycles. The molecular formula is C12H21N3O2S. The third kappa shape index (κ3) is 3.46. The van der Waals surface area contributed by atoms with Gasteiger partial charge in [0, 0.05) is 6.04 Å². The molecule has 0 bridgehead atoms. The monoisotopic (exact) mass is 271 g/mol. The topological polar surface area (TPSA) is 60.2 Å². The third-order valence-electron chi connectivity index (χ3n) is 2.89. The van der Waals surface area contributed by atoms with Crippen molar-refractivity contribution in [3.63, 3.8) is 0 Å². The number of nitrogens with one attached hydrogen (secondary N) is 1. The van der Waals surface area contributed by atoms with Gasteiger partial charge in [0.05, 0.1) is 24.9 Å². The molecule has 1 N–H and O–H groups in total. The van der Waals surface area contributed by atoms with Crippen molar-refractivity contribution >= 4 is 11.8 Å². The van der Waals surface area contributed by atoms with Crippen molar-refractivity contribution in [1.29, 1.82) is 0 Å². The van der Waals surface area contributed by atoms with Crippen molar-refractivity contribution in [3.8, 4) is 0 Å². The fraction of sp³-hybridized carbons (Fsp3) is 0.833. The zero-order chi connectivity index (χ0) is 13.0. The van der Waals surface area contributed by atoms with Gasteiger partial charge in [0.1, 0.15) is 0 Å². The van der Waals surface area contributed by atoms with Crippen LogP contribution in [-0.2, 0) is 10.5 Å². The zero-order valence-corrected chi connectivity index (χ0v) is 12.0. The van der Waals surface area contributed by atoms with E-state index < -0.39 is 0 Å². The largest absolute Gasteiger partial charge is 0.379 e. The molecule has 2 heterocycles. The van der Waals surface area contributed by atoms with Crippen LogP contribution in [-0.4, -0.2) is 41.2 Å². The van der Waals surface area contributed by atoms with E-state index in [0.29, 0.717) is 23.8 Å². The predicted molar refractivity (Wildman–Crippen MR) is 71.8 cm³/mol. The van der Waals surface area contributed by atoms with E-state index in [-0.39, 0.29) is 5.92 Å². The van der Waals surface area contributed by atoms with Gasteiger partial charge in [-0.15, -0.1) is 0 Å². The van der Waals surface area contributed by atoms with Gasteiger partial charge in [-0.3, -0.25) is 0 Å². The Morgan fingerprint density at radius 1 is 1.44 bits per heavy atom. The maximum absolute atomic E-state index is 5.49. The van der Waals surface area contributed by atoms with Crippen LogP contribution in [0.2, 0.25) is 0 Å². The van der Waals surface area contributed by atoms with Crippen molar-refractivity contribution in [2.24, 2.45) is 0 Å². The molecule has 18 heavy (non-hydrogen) atoms. The summed E-state index contributed by atoms with van der Waals surface area (Å²) in [6.45, 7) is 8.73. The number of hydrogen-bond acceptors (Lipinski definition) is 6. The summed E-state index contributed by atoms with van der Waals surface area (Å²) in [5.74, 6) is 2.49. The van der Waals surface area contributed by atoms with Gasteiger partial charge in [0.25, 0.3) is 0 Å². The van der Waals surface area contributed by atoms with Gasteiger partial charge in [-0.05, 0) is 11.8 Å². The third-order valence-corrected chi connectivity index (χ3v) is 3.99. The lowest BCUT2D eigenvalue weighted by atomic mass is 10.0. The quantitative estimate of drug-likeness (QED) is 0.851. The van der Waals surface area contributed by atoms with Crippen LogP contribution in [0.3, 0.4) is 0 Å². The van der Waals surface area contributed by atoms with Gasteiger partial charge in [-0.2, -0.15) is 16.7 Å². The first-order valence-electron chi connectivity index (χ1n) is 6.46. The summed E-state index contributed by atoms with van der Waals surface area (Å²) in [6.07, 6.45) is 0. The zero-order valence-electron chi connectivity index (χ0n) is 11.2. The average molecular weight is 271 g/mol.